The number of nitro groups is 4. The van der Waals surface area contributed by atoms with E-state index >= 15 is 0 Å². The van der Waals surface area contributed by atoms with Crippen LogP contribution in [0.15, 0.2) is 21.1 Å². The molecule has 16 nitrogen and oxygen atoms in total. The zero-order chi connectivity index (χ0) is 33.5. The average molecular weight is 740 g/mol. The Hall–Kier alpha value is -4.84. The molecule has 0 bridgehead atoms. The van der Waals surface area contributed by atoms with E-state index in [1.807, 2.05) is 0 Å². The molecule has 0 saturated carbocycles. The molecule has 3 aromatic carbocycles. The van der Waals surface area contributed by atoms with Gasteiger partial charge in [-0.3, -0.25) is 50.0 Å². The molecule has 0 aliphatic heterocycles. The maximum absolute atomic E-state index is 12.3. The zero-order valence-electron chi connectivity index (χ0n) is 23.6. The van der Waals surface area contributed by atoms with Gasteiger partial charge in [0, 0.05) is 59.4 Å². The lowest BCUT2D eigenvalue weighted by Gasteiger charge is -2.23. The number of benzene rings is 3. The number of hydrogen-bond donors (Lipinski definition) is 0. The van der Waals surface area contributed by atoms with Crippen molar-refractivity contribution in [2.24, 2.45) is 0 Å². The second-order valence-electron chi connectivity index (χ2n) is 9.34. The number of carbonyl (C=O) groups is 2. The van der Waals surface area contributed by atoms with Crippen molar-refractivity contribution in [3.05, 3.63) is 83.8 Å². The summed E-state index contributed by atoms with van der Waals surface area (Å²) >= 11 is 6.57. The van der Waals surface area contributed by atoms with Crippen molar-refractivity contribution in [3.8, 4) is 33.8 Å². The van der Waals surface area contributed by atoms with E-state index in [1.165, 1.54) is 27.7 Å². The molecule has 0 aliphatic rings. The van der Waals surface area contributed by atoms with Crippen LogP contribution in [-0.2, 0) is 9.59 Å². The van der Waals surface area contributed by atoms with Gasteiger partial charge in [-0.2, -0.15) is 0 Å². The number of ether oxygens (including phenoxy) is 2. The molecule has 230 valence electrons. The Morgan fingerprint density at radius 1 is 0.591 bits per heavy atom. The van der Waals surface area contributed by atoms with Crippen LogP contribution in [0, 0.1) is 68.2 Å². The molecule has 0 fully saturated rings. The molecule has 0 unspecified atom stereocenters. The standard InChI is InChI=1S/C26H20Br2N4O12/c1-9-15(7-17(29(35)36)11(3)23(9)31(39)40)19-21(27)26(44-14(6)34)20(22(28)25(19)43-13(5)33)16-8-18(30(37)38)12(4)24(10(16)2)32(41)42/h7-8H,1-6H3. The molecule has 44 heavy (non-hydrogen) atoms. The topological polar surface area (TPSA) is 225 Å². The Kier molecular flexibility index (Phi) is 9.49. The van der Waals surface area contributed by atoms with Crippen LogP contribution in [0.4, 0.5) is 22.7 Å². The van der Waals surface area contributed by atoms with Crippen LogP contribution in [0.2, 0.25) is 0 Å². The molecule has 18 heteroatoms. The van der Waals surface area contributed by atoms with Gasteiger partial charge in [-0.05, 0) is 59.6 Å². The second-order valence-corrected chi connectivity index (χ2v) is 10.9. The van der Waals surface area contributed by atoms with E-state index in [2.05, 4.69) is 31.9 Å². The number of nitro benzene ring substituents is 4. The summed E-state index contributed by atoms with van der Waals surface area (Å²) in [6, 6.07) is 2.03. The lowest BCUT2D eigenvalue weighted by molar-refractivity contribution is -0.395. The summed E-state index contributed by atoms with van der Waals surface area (Å²) in [6.07, 6.45) is 0. The first-order chi connectivity index (χ1) is 20.3. The van der Waals surface area contributed by atoms with Gasteiger partial charge < -0.3 is 9.47 Å². The number of esters is 2. The molecule has 3 rings (SSSR count). The third kappa shape index (κ3) is 5.85. The lowest BCUT2D eigenvalue weighted by atomic mass is 9.90. The van der Waals surface area contributed by atoms with E-state index in [1.54, 1.807) is 0 Å². The highest BCUT2D eigenvalue weighted by Gasteiger charge is 2.36. The van der Waals surface area contributed by atoms with Gasteiger partial charge in [-0.15, -0.1) is 0 Å². The Morgan fingerprint density at radius 2 is 0.886 bits per heavy atom. The first-order valence-electron chi connectivity index (χ1n) is 12.1. The SMILES string of the molecule is CC(=O)Oc1c(Br)c(-c2cc([N+](=O)[O-])c(C)c([N+](=O)[O-])c2C)c(OC(C)=O)c(Br)c1-c1cc([N+](=O)[O-])c(C)c([N+](=O)[O-])c1C. The van der Waals surface area contributed by atoms with Gasteiger partial charge >= 0.3 is 11.9 Å². The van der Waals surface area contributed by atoms with Gasteiger partial charge in [-0.1, -0.05) is 0 Å². The fraction of sp³-hybridized carbons (Fsp3) is 0.231. The molecule has 3 aromatic rings. The number of carbonyl (C=O) groups excluding carboxylic acids is 2. The highest BCUT2D eigenvalue weighted by molar-refractivity contribution is 9.11. The van der Waals surface area contributed by atoms with Gasteiger partial charge in [-0.25, -0.2) is 0 Å². The Balaban J connectivity index is 2.73. The lowest BCUT2D eigenvalue weighted by Crippen LogP contribution is -2.10. The molecule has 0 aliphatic carbocycles. The van der Waals surface area contributed by atoms with Crippen LogP contribution < -0.4 is 9.47 Å². The summed E-state index contributed by atoms with van der Waals surface area (Å²) in [5.74, 6) is -2.63. The second kappa shape index (κ2) is 12.4. The van der Waals surface area contributed by atoms with Crippen molar-refractivity contribution in [1.82, 2.24) is 0 Å². The van der Waals surface area contributed by atoms with E-state index in [0.29, 0.717) is 0 Å². The van der Waals surface area contributed by atoms with E-state index in [4.69, 9.17) is 9.47 Å². The minimum Gasteiger partial charge on any atom is -0.425 e. The van der Waals surface area contributed by atoms with Crippen molar-refractivity contribution in [1.29, 1.82) is 0 Å². The smallest absolute Gasteiger partial charge is 0.308 e. The highest BCUT2D eigenvalue weighted by atomic mass is 79.9. The molecule has 0 saturated heterocycles. The highest BCUT2D eigenvalue weighted by Crippen LogP contribution is 2.57. The van der Waals surface area contributed by atoms with E-state index < -0.39 is 65.9 Å². The Labute approximate surface area is 263 Å². The third-order valence-corrected chi connectivity index (χ3v) is 8.15. The van der Waals surface area contributed by atoms with Crippen molar-refractivity contribution in [3.63, 3.8) is 0 Å². The summed E-state index contributed by atoms with van der Waals surface area (Å²) in [5.41, 5.74) is -3.93. The molecule has 0 amide bonds. The fourth-order valence-electron chi connectivity index (χ4n) is 4.82. The van der Waals surface area contributed by atoms with Gasteiger partial charge in [0.25, 0.3) is 22.7 Å². The van der Waals surface area contributed by atoms with Crippen LogP contribution >= 0.6 is 31.9 Å². The normalized spacial score (nSPS) is 10.7. The quantitative estimate of drug-likeness (QED) is 0.0962. The van der Waals surface area contributed by atoms with Gasteiger partial charge in [0.2, 0.25) is 0 Å². The predicted molar refractivity (Wildman–Crippen MR) is 161 cm³/mol. The zero-order valence-corrected chi connectivity index (χ0v) is 26.8. The maximum Gasteiger partial charge on any atom is 0.308 e. The Bertz CT molecular complexity index is 1720. The Morgan fingerprint density at radius 3 is 1.11 bits per heavy atom. The third-order valence-electron chi connectivity index (χ3n) is 6.64. The summed E-state index contributed by atoms with van der Waals surface area (Å²) < 4.78 is 10.5. The minimum absolute atomic E-state index is 0.0848. The fourth-order valence-corrected chi connectivity index (χ4v) is 6.16. The first-order valence-corrected chi connectivity index (χ1v) is 13.7. The van der Waals surface area contributed by atoms with Crippen LogP contribution in [-0.4, -0.2) is 31.6 Å². The molecule has 0 N–H and O–H groups in total. The van der Waals surface area contributed by atoms with Crippen molar-refractivity contribution in [2.45, 2.75) is 41.5 Å². The van der Waals surface area contributed by atoms with E-state index in [9.17, 15) is 50.0 Å². The van der Waals surface area contributed by atoms with E-state index in [0.717, 1.165) is 26.0 Å². The van der Waals surface area contributed by atoms with Crippen molar-refractivity contribution in [2.75, 3.05) is 0 Å². The largest absolute Gasteiger partial charge is 0.425 e. The maximum atomic E-state index is 12.3. The minimum atomic E-state index is -0.920. The van der Waals surface area contributed by atoms with Crippen LogP contribution in [0.3, 0.4) is 0 Å². The molecule has 0 radical (unpaired) electrons. The summed E-state index contributed by atoms with van der Waals surface area (Å²) in [6.45, 7) is 7.03. The van der Waals surface area contributed by atoms with Crippen LogP contribution in [0.1, 0.15) is 36.1 Å². The van der Waals surface area contributed by atoms with Gasteiger partial charge in [0.1, 0.15) is 11.1 Å². The van der Waals surface area contributed by atoms with Crippen LogP contribution in [0.5, 0.6) is 11.5 Å². The van der Waals surface area contributed by atoms with Crippen molar-refractivity contribution < 1.29 is 38.8 Å². The first kappa shape index (κ1) is 33.7. The van der Waals surface area contributed by atoms with Gasteiger partial charge in [0.15, 0.2) is 11.5 Å². The summed E-state index contributed by atoms with van der Waals surface area (Å²) in [4.78, 5) is 69.1. The summed E-state index contributed by atoms with van der Waals surface area (Å²) in [5, 5.41) is 47.8. The molecule has 0 spiro atoms. The number of nitrogens with zero attached hydrogens (tertiary/aromatic N) is 4. The average Bonchev–Trinajstić information content (AvgIpc) is 2.87. The molecular weight excluding hydrogens is 720 g/mol. The van der Waals surface area contributed by atoms with Crippen molar-refractivity contribution >= 4 is 66.5 Å². The molecule has 0 aromatic heterocycles. The molecule has 0 atom stereocenters. The van der Waals surface area contributed by atoms with Gasteiger partial charge in [0.05, 0.1) is 28.6 Å². The summed E-state index contributed by atoms with van der Waals surface area (Å²) in [7, 11) is 0. The van der Waals surface area contributed by atoms with Crippen LogP contribution in [0.25, 0.3) is 22.3 Å². The van der Waals surface area contributed by atoms with E-state index in [-0.39, 0.29) is 53.5 Å². The predicted octanol–water partition coefficient (Wildman–Crippen LogP) is 7.26. The number of halogens is 2. The molecular formula is C26H20Br2N4O12. The molecule has 0 heterocycles. The number of rotatable bonds is 8. The number of hydrogen-bond acceptors (Lipinski definition) is 12. The monoisotopic (exact) mass is 738 g/mol.